The third-order valence-corrected chi connectivity index (χ3v) is 5.06. The Bertz CT molecular complexity index is 735. The molecule has 0 saturated heterocycles. The first-order valence-corrected chi connectivity index (χ1v) is 8.72. The number of hydrogen-bond donors (Lipinski definition) is 2. The van der Waals surface area contributed by atoms with Crippen LogP contribution in [-0.2, 0) is 10.0 Å². The minimum atomic E-state index is -3.57. The van der Waals surface area contributed by atoms with E-state index < -0.39 is 10.0 Å². The summed E-state index contributed by atoms with van der Waals surface area (Å²) in [7, 11) is -3.57. The van der Waals surface area contributed by atoms with Crippen LogP contribution < -0.4 is 10.0 Å². The summed E-state index contributed by atoms with van der Waals surface area (Å²) in [4.78, 5) is 0.256. The molecule has 4 nitrogen and oxygen atoms in total. The van der Waals surface area contributed by atoms with Crippen LogP contribution in [0.15, 0.2) is 41.3 Å². The van der Waals surface area contributed by atoms with Crippen molar-refractivity contribution in [1.29, 1.82) is 0 Å². The minimum Gasteiger partial charge on any atom is -0.313 e. The van der Waals surface area contributed by atoms with E-state index in [1.807, 2.05) is 26.0 Å². The predicted octanol–water partition coefficient (Wildman–Crippen LogP) is 3.19. The van der Waals surface area contributed by atoms with E-state index in [0.29, 0.717) is 17.0 Å². The SMILES string of the molecule is CCN[C@H](C)CNS(=O)(=O)c1ccc(Cl)c2ccccc12.Cl. The van der Waals surface area contributed by atoms with E-state index in [9.17, 15) is 8.42 Å². The van der Waals surface area contributed by atoms with Gasteiger partial charge < -0.3 is 5.32 Å². The van der Waals surface area contributed by atoms with Crippen LogP contribution in [0.25, 0.3) is 10.8 Å². The van der Waals surface area contributed by atoms with Crippen molar-refractivity contribution in [3.63, 3.8) is 0 Å². The summed E-state index contributed by atoms with van der Waals surface area (Å²) in [6.45, 7) is 5.06. The molecule has 22 heavy (non-hydrogen) atoms. The van der Waals surface area contributed by atoms with Crippen LogP contribution in [0.5, 0.6) is 0 Å². The number of rotatable bonds is 6. The van der Waals surface area contributed by atoms with Crippen LogP contribution in [0, 0.1) is 0 Å². The Labute approximate surface area is 142 Å². The second kappa shape index (κ2) is 8.13. The molecule has 0 aliphatic carbocycles. The average molecular weight is 363 g/mol. The molecule has 0 bridgehead atoms. The largest absolute Gasteiger partial charge is 0.313 e. The summed E-state index contributed by atoms with van der Waals surface area (Å²) in [6, 6.07) is 10.5. The van der Waals surface area contributed by atoms with Crippen molar-refractivity contribution >= 4 is 44.8 Å². The third kappa shape index (κ3) is 4.33. The lowest BCUT2D eigenvalue weighted by atomic mass is 10.1. The van der Waals surface area contributed by atoms with Crippen LogP contribution in [0.2, 0.25) is 5.02 Å². The number of halogens is 2. The molecule has 0 fully saturated rings. The smallest absolute Gasteiger partial charge is 0.241 e. The summed E-state index contributed by atoms with van der Waals surface area (Å²) >= 11 is 6.12. The van der Waals surface area contributed by atoms with Crippen molar-refractivity contribution in [2.24, 2.45) is 0 Å². The van der Waals surface area contributed by atoms with Gasteiger partial charge >= 0.3 is 0 Å². The number of likely N-dealkylation sites (N-methyl/N-ethyl adjacent to an activating group) is 1. The Morgan fingerprint density at radius 1 is 1.14 bits per heavy atom. The number of hydrogen-bond acceptors (Lipinski definition) is 3. The van der Waals surface area contributed by atoms with Gasteiger partial charge in [-0.2, -0.15) is 0 Å². The zero-order valence-electron chi connectivity index (χ0n) is 12.5. The quantitative estimate of drug-likeness (QED) is 0.829. The molecule has 2 aromatic rings. The van der Waals surface area contributed by atoms with Crippen molar-refractivity contribution in [3.05, 3.63) is 41.4 Å². The molecule has 0 spiro atoms. The van der Waals surface area contributed by atoms with Gasteiger partial charge in [0.05, 0.1) is 4.90 Å². The van der Waals surface area contributed by atoms with Gasteiger partial charge in [-0.15, -0.1) is 12.4 Å². The van der Waals surface area contributed by atoms with Gasteiger partial charge in [-0.3, -0.25) is 0 Å². The first-order valence-electron chi connectivity index (χ1n) is 6.86. The van der Waals surface area contributed by atoms with E-state index in [1.54, 1.807) is 24.3 Å². The fraction of sp³-hybridized carbons (Fsp3) is 0.333. The number of benzene rings is 2. The Morgan fingerprint density at radius 2 is 1.77 bits per heavy atom. The molecule has 0 heterocycles. The minimum absolute atomic E-state index is 0. The highest BCUT2D eigenvalue weighted by Crippen LogP contribution is 2.28. The Hall–Kier alpha value is -0.850. The van der Waals surface area contributed by atoms with Crippen molar-refractivity contribution in [2.45, 2.75) is 24.8 Å². The molecule has 0 aliphatic rings. The topological polar surface area (TPSA) is 58.2 Å². The highest BCUT2D eigenvalue weighted by Gasteiger charge is 2.18. The van der Waals surface area contributed by atoms with Crippen LogP contribution in [0.1, 0.15) is 13.8 Å². The van der Waals surface area contributed by atoms with E-state index in [-0.39, 0.29) is 23.3 Å². The first-order chi connectivity index (χ1) is 9.95. The molecule has 7 heteroatoms. The van der Waals surface area contributed by atoms with Crippen LogP contribution >= 0.6 is 24.0 Å². The zero-order chi connectivity index (χ0) is 15.5. The predicted molar refractivity (Wildman–Crippen MR) is 94.5 cm³/mol. The molecule has 0 amide bonds. The molecule has 0 unspecified atom stereocenters. The second-order valence-corrected chi connectivity index (χ2v) is 7.04. The maximum Gasteiger partial charge on any atom is 0.241 e. The molecule has 122 valence electrons. The number of fused-ring (bicyclic) bond motifs is 1. The van der Waals surface area contributed by atoms with Gasteiger partial charge in [0.15, 0.2) is 0 Å². The van der Waals surface area contributed by atoms with Crippen LogP contribution in [0.3, 0.4) is 0 Å². The fourth-order valence-corrected chi connectivity index (χ4v) is 3.77. The number of sulfonamides is 1. The summed E-state index contributed by atoms with van der Waals surface area (Å²) in [5, 5.41) is 5.09. The van der Waals surface area contributed by atoms with E-state index in [0.717, 1.165) is 11.9 Å². The molecular weight excluding hydrogens is 343 g/mol. The number of nitrogens with one attached hydrogen (secondary N) is 2. The van der Waals surface area contributed by atoms with Crippen molar-refractivity contribution in [1.82, 2.24) is 10.0 Å². The van der Waals surface area contributed by atoms with E-state index in [2.05, 4.69) is 10.0 Å². The Balaban J connectivity index is 0.00000242. The molecule has 2 aromatic carbocycles. The maximum absolute atomic E-state index is 12.5. The molecule has 0 radical (unpaired) electrons. The lowest BCUT2D eigenvalue weighted by Gasteiger charge is -2.15. The van der Waals surface area contributed by atoms with Crippen LogP contribution in [0.4, 0.5) is 0 Å². The molecule has 2 rings (SSSR count). The van der Waals surface area contributed by atoms with Crippen molar-refractivity contribution in [2.75, 3.05) is 13.1 Å². The Morgan fingerprint density at radius 3 is 2.41 bits per heavy atom. The molecular formula is C15H20Cl2N2O2S. The van der Waals surface area contributed by atoms with Gasteiger partial charge in [0.1, 0.15) is 0 Å². The monoisotopic (exact) mass is 362 g/mol. The Kier molecular flexibility index (Phi) is 7.09. The van der Waals surface area contributed by atoms with Gasteiger partial charge in [-0.25, -0.2) is 13.1 Å². The molecule has 2 N–H and O–H groups in total. The summed E-state index contributed by atoms with van der Waals surface area (Å²) in [6.07, 6.45) is 0. The van der Waals surface area contributed by atoms with E-state index in [1.165, 1.54) is 0 Å². The third-order valence-electron chi connectivity index (χ3n) is 3.25. The zero-order valence-corrected chi connectivity index (χ0v) is 14.9. The molecule has 1 atom stereocenters. The summed E-state index contributed by atoms with van der Waals surface area (Å²) in [5.74, 6) is 0. The molecule has 0 aromatic heterocycles. The van der Waals surface area contributed by atoms with E-state index in [4.69, 9.17) is 11.6 Å². The standard InChI is InChI=1S/C15H19ClN2O2S.ClH/c1-3-17-11(2)10-18-21(19,20)15-9-8-14(16)12-6-4-5-7-13(12)15;/h4-9,11,17-18H,3,10H2,1-2H3;1H/t11-;/m1./s1. The maximum atomic E-state index is 12.5. The summed E-state index contributed by atoms with van der Waals surface area (Å²) < 4.78 is 27.6. The van der Waals surface area contributed by atoms with Crippen LogP contribution in [-0.4, -0.2) is 27.5 Å². The highest BCUT2D eigenvalue weighted by atomic mass is 35.5. The van der Waals surface area contributed by atoms with Gasteiger partial charge in [0.2, 0.25) is 10.0 Å². The first kappa shape index (κ1) is 19.2. The normalized spacial score (nSPS) is 12.9. The highest BCUT2D eigenvalue weighted by molar-refractivity contribution is 7.89. The van der Waals surface area contributed by atoms with Crippen molar-refractivity contribution < 1.29 is 8.42 Å². The molecule has 0 saturated carbocycles. The van der Waals surface area contributed by atoms with Gasteiger partial charge in [-0.05, 0) is 25.6 Å². The summed E-state index contributed by atoms with van der Waals surface area (Å²) in [5.41, 5.74) is 0. The fourth-order valence-electron chi connectivity index (χ4n) is 2.20. The average Bonchev–Trinajstić information content (AvgIpc) is 2.46. The van der Waals surface area contributed by atoms with E-state index >= 15 is 0 Å². The van der Waals surface area contributed by atoms with Crippen molar-refractivity contribution in [3.8, 4) is 0 Å². The van der Waals surface area contributed by atoms with Gasteiger partial charge in [0.25, 0.3) is 0 Å². The second-order valence-electron chi connectivity index (χ2n) is 4.90. The lowest BCUT2D eigenvalue weighted by molar-refractivity contribution is 0.536. The van der Waals surface area contributed by atoms with Gasteiger partial charge in [-0.1, -0.05) is 42.8 Å². The lowest BCUT2D eigenvalue weighted by Crippen LogP contribution is -2.38. The van der Waals surface area contributed by atoms with Gasteiger partial charge in [0, 0.05) is 28.4 Å². The molecule has 0 aliphatic heterocycles.